The Morgan fingerprint density at radius 1 is 1.24 bits per heavy atom. The molecule has 3 nitrogen and oxygen atoms in total. The van der Waals surface area contributed by atoms with Crippen molar-refractivity contribution in [2.45, 2.75) is 6.18 Å². The van der Waals surface area contributed by atoms with Crippen molar-refractivity contribution in [1.29, 1.82) is 0 Å². The molecule has 0 radical (unpaired) electrons. The maximum atomic E-state index is 12.4. The highest BCUT2D eigenvalue weighted by Crippen LogP contribution is 2.29. The maximum absolute atomic E-state index is 12.4. The monoisotopic (exact) mass is 323 g/mol. The quantitative estimate of drug-likeness (QED) is 0.905. The third-order valence-electron chi connectivity index (χ3n) is 1.75. The van der Waals surface area contributed by atoms with E-state index in [4.69, 9.17) is 0 Å². The van der Waals surface area contributed by atoms with Crippen LogP contribution in [0, 0.1) is 0 Å². The standard InChI is InChI=1S/C9H5BrF3N3S/c10-6-4-17-8(15-6)16-7-3-1-2-5(14-7)9(11,12)13/h1-4H,(H,14,15,16). The summed E-state index contributed by atoms with van der Waals surface area (Å²) in [5.74, 6) is 0.113. The minimum absolute atomic E-state index is 0.113. The predicted octanol–water partition coefficient (Wildman–Crippen LogP) is 4.06. The topological polar surface area (TPSA) is 37.8 Å². The van der Waals surface area contributed by atoms with Gasteiger partial charge in [0.2, 0.25) is 0 Å². The molecule has 2 heterocycles. The molecule has 0 unspecified atom stereocenters. The Bertz CT molecular complexity index is 526. The SMILES string of the molecule is FC(F)(F)c1cccc(Nc2nc(Br)cs2)n1. The average Bonchev–Trinajstić information content (AvgIpc) is 2.63. The molecular weight excluding hydrogens is 319 g/mol. The smallest absolute Gasteiger partial charge is 0.316 e. The number of thiazole rings is 1. The highest BCUT2D eigenvalue weighted by molar-refractivity contribution is 9.10. The summed E-state index contributed by atoms with van der Waals surface area (Å²) in [5.41, 5.74) is -0.932. The fourth-order valence-electron chi connectivity index (χ4n) is 1.08. The van der Waals surface area contributed by atoms with Crippen LogP contribution in [0.2, 0.25) is 0 Å². The first-order chi connectivity index (χ1) is 7.95. The van der Waals surface area contributed by atoms with Gasteiger partial charge < -0.3 is 5.32 Å². The van der Waals surface area contributed by atoms with Gasteiger partial charge in [-0.05, 0) is 28.1 Å². The first-order valence-electron chi connectivity index (χ1n) is 4.37. The molecule has 0 spiro atoms. The lowest BCUT2D eigenvalue weighted by molar-refractivity contribution is -0.141. The van der Waals surface area contributed by atoms with E-state index in [1.54, 1.807) is 5.38 Å². The summed E-state index contributed by atoms with van der Waals surface area (Å²) in [6.45, 7) is 0. The van der Waals surface area contributed by atoms with Crippen LogP contribution in [0.3, 0.4) is 0 Å². The van der Waals surface area contributed by atoms with Crippen molar-refractivity contribution in [1.82, 2.24) is 9.97 Å². The first-order valence-corrected chi connectivity index (χ1v) is 6.05. The van der Waals surface area contributed by atoms with Crippen LogP contribution in [-0.4, -0.2) is 9.97 Å². The van der Waals surface area contributed by atoms with Crippen LogP contribution < -0.4 is 5.32 Å². The summed E-state index contributed by atoms with van der Waals surface area (Å²) >= 11 is 4.42. The average molecular weight is 324 g/mol. The van der Waals surface area contributed by atoms with Gasteiger partial charge in [-0.1, -0.05) is 6.07 Å². The zero-order chi connectivity index (χ0) is 12.5. The molecule has 0 aliphatic carbocycles. The molecule has 0 amide bonds. The molecule has 17 heavy (non-hydrogen) atoms. The van der Waals surface area contributed by atoms with Gasteiger partial charge in [0.1, 0.15) is 16.1 Å². The van der Waals surface area contributed by atoms with Gasteiger partial charge in [0, 0.05) is 5.38 Å². The van der Waals surface area contributed by atoms with Crippen molar-refractivity contribution in [3.05, 3.63) is 33.9 Å². The molecule has 90 valence electrons. The van der Waals surface area contributed by atoms with Crippen molar-refractivity contribution < 1.29 is 13.2 Å². The summed E-state index contributed by atoms with van der Waals surface area (Å²) in [4.78, 5) is 7.46. The minimum Gasteiger partial charge on any atom is -0.316 e. The highest BCUT2D eigenvalue weighted by atomic mass is 79.9. The Morgan fingerprint density at radius 3 is 2.59 bits per heavy atom. The number of aromatic nitrogens is 2. The lowest BCUT2D eigenvalue weighted by Crippen LogP contribution is -2.08. The van der Waals surface area contributed by atoms with E-state index in [9.17, 15) is 13.2 Å². The Kier molecular flexibility index (Phi) is 3.34. The molecule has 0 aliphatic rings. The molecule has 0 saturated carbocycles. The van der Waals surface area contributed by atoms with Gasteiger partial charge in [-0.2, -0.15) is 13.2 Å². The van der Waals surface area contributed by atoms with Gasteiger partial charge in [0.05, 0.1) is 0 Å². The number of pyridine rings is 1. The van der Waals surface area contributed by atoms with E-state index in [2.05, 4.69) is 31.2 Å². The Labute approximate surface area is 107 Å². The molecule has 0 aromatic carbocycles. The van der Waals surface area contributed by atoms with Crippen LogP contribution >= 0.6 is 27.3 Å². The molecule has 1 N–H and O–H groups in total. The van der Waals surface area contributed by atoms with Crippen LogP contribution in [0.15, 0.2) is 28.2 Å². The van der Waals surface area contributed by atoms with E-state index in [0.717, 1.165) is 6.07 Å². The van der Waals surface area contributed by atoms with E-state index in [0.29, 0.717) is 9.73 Å². The lowest BCUT2D eigenvalue weighted by Gasteiger charge is -2.07. The van der Waals surface area contributed by atoms with Crippen molar-refractivity contribution in [3.8, 4) is 0 Å². The van der Waals surface area contributed by atoms with Crippen molar-refractivity contribution in [2.75, 3.05) is 5.32 Å². The molecule has 0 aliphatic heterocycles. The highest BCUT2D eigenvalue weighted by Gasteiger charge is 2.32. The summed E-state index contributed by atoms with van der Waals surface area (Å²) in [6, 6.07) is 3.66. The number of anilines is 2. The second kappa shape index (κ2) is 4.61. The van der Waals surface area contributed by atoms with E-state index < -0.39 is 11.9 Å². The minimum atomic E-state index is -4.44. The summed E-state index contributed by atoms with van der Waals surface area (Å²) < 4.78 is 37.8. The zero-order valence-corrected chi connectivity index (χ0v) is 10.5. The number of rotatable bonds is 2. The number of nitrogens with zero attached hydrogens (tertiary/aromatic N) is 2. The fraction of sp³-hybridized carbons (Fsp3) is 0.111. The number of halogens is 4. The molecule has 0 bridgehead atoms. The molecule has 0 atom stereocenters. The van der Waals surface area contributed by atoms with E-state index in [-0.39, 0.29) is 5.82 Å². The summed E-state index contributed by atoms with van der Waals surface area (Å²) in [7, 11) is 0. The molecule has 2 aromatic rings. The number of nitrogens with one attached hydrogen (secondary N) is 1. The van der Waals surface area contributed by atoms with Gasteiger partial charge in [0.25, 0.3) is 0 Å². The first kappa shape index (κ1) is 12.3. The van der Waals surface area contributed by atoms with Crippen molar-refractivity contribution >= 4 is 38.2 Å². The molecule has 0 fully saturated rings. The van der Waals surface area contributed by atoms with Gasteiger partial charge in [-0.15, -0.1) is 11.3 Å². The molecule has 2 aromatic heterocycles. The molecule has 0 saturated heterocycles. The lowest BCUT2D eigenvalue weighted by atomic mass is 10.3. The second-order valence-corrected chi connectivity index (χ2v) is 4.68. The van der Waals surface area contributed by atoms with Gasteiger partial charge in [0.15, 0.2) is 5.13 Å². The van der Waals surface area contributed by atoms with E-state index >= 15 is 0 Å². The number of hydrogen-bond donors (Lipinski definition) is 1. The van der Waals surface area contributed by atoms with Crippen molar-refractivity contribution in [2.24, 2.45) is 0 Å². The Hall–Kier alpha value is -1.15. The van der Waals surface area contributed by atoms with E-state index in [1.165, 1.54) is 23.5 Å². The largest absolute Gasteiger partial charge is 0.433 e. The molecule has 2 rings (SSSR count). The summed E-state index contributed by atoms with van der Waals surface area (Å²) in [6.07, 6.45) is -4.44. The predicted molar refractivity (Wildman–Crippen MR) is 62.3 cm³/mol. The molecule has 8 heteroatoms. The third-order valence-corrected chi connectivity index (χ3v) is 3.22. The van der Waals surface area contributed by atoms with Crippen molar-refractivity contribution in [3.63, 3.8) is 0 Å². The fourth-order valence-corrected chi connectivity index (χ4v) is 2.23. The Morgan fingerprint density at radius 2 is 2.00 bits per heavy atom. The maximum Gasteiger partial charge on any atom is 0.433 e. The van der Waals surface area contributed by atoms with Gasteiger partial charge in [-0.25, -0.2) is 9.97 Å². The van der Waals surface area contributed by atoms with E-state index in [1.807, 2.05) is 0 Å². The van der Waals surface area contributed by atoms with Crippen LogP contribution in [-0.2, 0) is 6.18 Å². The third kappa shape index (κ3) is 3.16. The summed E-state index contributed by atoms with van der Waals surface area (Å²) in [5, 5.41) is 4.90. The molecular formula is C9H5BrF3N3S. The van der Waals surface area contributed by atoms with Crippen LogP contribution in [0.25, 0.3) is 0 Å². The number of alkyl halides is 3. The van der Waals surface area contributed by atoms with Crippen LogP contribution in [0.1, 0.15) is 5.69 Å². The second-order valence-electron chi connectivity index (χ2n) is 3.01. The Balaban J connectivity index is 2.22. The van der Waals surface area contributed by atoms with Gasteiger partial charge >= 0.3 is 6.18 Å². The van der Waals surface area contributed by atoms with Gasteiger partial charge in [-0.3, -0.25) is 0 Å². The zero-order valence-electron chi connectivity index (χ0n) is 8.12. The normalized spacial score (nSPS) is 11.5. The van der Waals surface area contributed by atoms with Crippen LogP contribution in [0.5, 0.6) is 0 Å². The number of hydrogen-bond acceptors (Lipinski definition) is 4. The van der Waals surface area contributed by atoms with Crippen LogP contribution in [0.4, 0.5) is 24.1 Å².